The van der Waals surface area contributed by atoms with Gasteiger partial charge in [-0.3, -0.25) is 4.79 Å². The fraction of sp³-hybridized carbons (Fsp3) is 0.348. The maximum absolute atomic E-state index is 14.2. The lowest BCUT2D eigenvalue weighted by atomic mass is 9.76. The number of carbonyl (C=O) groups excluding carboxylic acids is 1. The highest BCUT2D eigenvalue weighted by Gasteiger charge is 2.51. The third-order valence-electron chi connectivity index (χ3n) is 6.69. The molecule has 0 unspecified atom stereocenters. The lowest BCUT2D eigenvalue weighted by molar-refractivity contribution is -0.139. The highest BCUT2D eigenvalue weighted by Crippen LogP contribution is 2.46. The molecule has 10 heteroatoms. The van der Waals surface area contributed by atoms with Gasteiger partial charge < -0.3 is 21.7 Å². The second-order valence-electron chi connectivity index (χ2n) is 8.79. The zero-order valence-corrected chi connectivity index (χ0v) is 18.7. The summed E-state index contributed by atoms with van der Waals surface area (Å²) in [5.41, 5.74) is 14.9. The topological polar surface area (TPSA) is 110 Å². The minimum Gasteiger partial charge on any atom is -0.392 e. The average Bonchev–Trinajstić information content (AvgIpc) is 3.26. The van der Waals surface area contributed by atoms with Gasteiger partial charge >= 0.3 is 11.8 Å². The number of likely N-dealkylation sites (tertiary alicyclic amines) is 1. The highest BCUT2D eigenvalue weighted by atomic mass is 32.2. The van der Waals surface area contributed by atoms with Crippen molar-refractivity contribution in [2.75, 3.05) is 18.4 Å². The van der Waals surface area contributed by atoms with E-state index in [1.807, 2.05) is 4.90 Å². The van der Waals surface area contributed by atoms with Crippen LogP contribution in [0.15, 0.2) is 57.6 Å². The van der Waals surface area contributed by atoms with E-state index in [9.17, 15) is 13.6 Å². The Kier molecular flexibility index (Phi) is 5.27. The van der Waals surface area contributed by atoms with Crippen LogP contribution in [-0.4, -0.2) is 34.8 Å². The van der Waals surface area contributed by atoms with E-state index in [1.54, 1.807) is 0 Å². The summed E-state index contributed by atoms with van der Waals surface area (Å²) < 4.78 is 28.5. The number of aliphatic imine (C=N–C) groups is 1. The fourth-order valence-corrected chi connectivity index (χ4v) is 5.74. The van der Waals surface area contributed by atoms with Crippen LogP contribution in [0.4, 0.5) is 14.6 Å². The molecule has 3 aliphatic rings. The lowest BCUT2D eigenvalue weighted by Gasteiger charge is -2.39. The second kappa shape index (κ2) is 8.02. The maximum atomic E-state index is 14.2. The molecule has 0 radical (unpaired) electrons. The highest BCUT2D eigenvalue weighted by molar-refractivity contribution is 8.03. The molecule has 5 N–H and O–H groups in total. The number of aromatic nitrogens is 1. The summed E-state index contributed by atoms with van der Waals surface area (Å²) in [6.07, 6.45) is 6.99. The van der Waals surface area contributed by atoms with Gasteiger partial charge in [-0.15, -0.1) is 0 Å². The number of hydrogen-bond acceptors (Lipinski definition) is 5. The molecule has 1 aliphatic carbocycles. The molecule has 1 amide bonds. The summed E-state index contributed by atoms with van der Waals surface area (Å²) in [6, 6.07) is 10.0. The number of piperidine rings is 1. The molecule has 33 heavy (non-hydrogen) atoms. The first kappa shape index (κ1) is 21.7. The first-order valence-corrected chi connectivity index (χ1v) is 11.6. The second-order valence-corrected chi connectivity index (χ2v) is 9.91. The lowest BCUT2D eigenvalue weighted by Crippen LogP contribution is -2.46. The maximum Gasteiger partial charge on any atom is 0.354 e. The number of anilines is 1. The monoisotopic (exact) mass is 470 g/mol. The smallest absolute Gasteiger partial charge is 0.354 e. The van der Waals surface area contributed by atoms with Crippen LogP contribution in [0.2, 0.25) is 0 Å². The molecular formula is C23H24F2N6OS. The molecule has 7 nitrogen and oxygen atoms in total. The van der Waals surface area contributed by atoms with Crippen molar-refractivity contribution in [1.82, 2.24) is 9.88 Å². The Morgan fingerprint density at radius 2 is 1.82 bits per heavy atom. The SMILES string of the molecule is NC(=N/C=C(\N)Sc1ccnc2c1C(F)(F)C(=O)N2)N1CCC2(CC1)Cc1ccccc1C2. The van der Waals surface area contributed by atoms with Crippen LogP contribution in [0, 0.1) is 5.41 Å². The first-order chi connectivity index (χ1) is 15.8. The summed E-state index contributed by atoms with van der Waals surface area (Å²) >= 11 is 0.896. The number of halogens is 2. The van der Waals surface area contributed by atoms with Gasteiger partial charge in [0, 0.05) is 24.2 Å². The van der Waals surface area contributed by atoms with Gasteiger partial charge in [0.1, 0.15) is 5.82 Å². The number of nitrogens with zero attached hydrogens (tertiary/aromatic N) is 3. The van der Waals surface area contributed by atoms with Crippen molar-refractivity contribution in [3.8, 4) is 0 Å². The van der Waals surface area contributed by atoms with E-state index in [2.05, 4.69) is 39.6 Å². The Hall–Kier alpha value is -3.14. The van der Waals surface area contributed by atoms with Crippen LogP contribution in [-0.2, 0) is 23.6 Å². The van der Waals surface area contributed by atoms with E-state index < -0.39 is 17.4 Å². The molecule has 0 saturated carbocycles. The predicted molar refractivity (Wildman–Crippen MR) is 124 cm³/mol. The van der Waals surface area contributed by atoms with E-state index in [4.69, 9.17) is 11.5 Å². The molecule has 2 aliphatic heterocycles. The fourth-order valence-electron chi connectivity index (χ4n) is 4.93. The standard InChI is InChI=1S/C23H24F2N6OS/c24-23(25)18-16(5-8-28-19(18)30-20(23)32)33-17(26)13-29-21(27)31-9-6-22(7-10-31)11-14-3-1-2-4-15(14)12-22/h1-5,8,13H,6-7,9-12,26H2,(H2,27,29)(H,28,30,32)/b17-13+. The number of pyridine rings is 1. The van der Waals surface area contributed by atoms with Crippen molar-refractivity contribution in [1.29, 1.82) is 0 Å². The number of carbonyl (C=O) groups is 1. The van der Waals surface area contributed by atoms with Gasteiger partial charge in [-0.05, 0) is 48.3 Å². The third-order valence-corrected chi connectivity index (χ3v) is 7.59. The van der Waals surface area contributed by atoms with Crippen LogP contribution in [0.25, 0.3) is 0 Å². The van der Waals surface area contributed by atoms with E-state index in [0.717, 1.165) is 50.5 Å². The van der Waals surface area contributed by atoms with Gasteiger partial charge in [0.15, 0.2) is 5.96 Å². The van der Waals surface area contributed by atoms with Crippen molar-refractivity contribution in [2.45, 2.75) is 36.5 Å². The molecule has 1 spiro atoms. The van der Waals surface area contributed by atoms with E-state index in [1.165, 1.54) is 29.6 Å². The summed E-state index contributed by atoms with van der Waals surface area (Å²) in [5.74, 6) is -4.85. The van der Waals surface area contributed by atoms with Gasteiger partial charge in [0.05, 0.1) is 16.8 Å². The number of amides is 1. The molecule has 1 saturated heterocycles. The Morgan fingerprint density at radius 3 is 2.48 bits per heavy atom. The normalized spacial score (nSPS) is 21.2. The summed E-state index contributed by atoms with van der Waals surface area (Å²) in [4.78, 5) is 21.8. The molecule has 1 aromatic carbocycles. The number of nitrogens with two attached hydrogens (primary N) is 2. The minimum absolute atomic E-state index is 0.145. The van der Waals surface area contributed by atoms with E-state index in [-0.39, 0.29) is 15.7 Å². The third kappa shape index (κ3) is 3.92. The van der Waals surface area contributed by atoms with Gasteiger partial charge in [-0.25, -0.2) is 9.98 Å². The molecule has 0 bridgehead atoms. The van der Waals surface area contributed by atoms with Crippen molar-refractivity contribution in [3.05, 3.63) is 64.4 Å². The molecule has 172 valence electrons. The Morgan fingerprint density at radius 1 is 1.15 bits per heavy atom. The van der Waals surface area contributed by atoms with E-state index in [0.29, 0.717) is 11.4 Å². The first-order valence-electron chi connectivity index (χ1n) is 10.7. The van der Waals surface area contributed by atoms with Crippen molar-refractivity contribution in [3.63, 3.8) is 0 Å². The summed E-state index contributed by atoms with van der Waals surface area (Å²) in [7, 11) is 0. The van der Waals surface area contributed by atoms with Crippen molar-refractivity contribution in [2.24, 2.45) is 21.9 Å². The molecule has 1 aromatic heterocycles. The molecule has 2 aromatic rings. The zero-order valence-electron chi connectivity index (χ0n) is 17.9. The van der Waals surface area contributed by atoms with Crippen molar-refractivity contribution >= 4 is 29.4 Å². The number of nitrogens with one attached hydrogen (secondary N) is 1. The largest absolute Gasteiger partial charge is 0.392 e. The molecule has 0 atom stereocenters. The summed E-state index contributed by atoms with van der Waals surface area (Å²) in [5, 5.41) is 2.27. The zero-order chi connectivity index (χ0) is 23.2. The Balaban J connectivity index is 1.23. The van der Waals surface area contributed by atoms with Gasteiger partial charge in [-0.2, -0.15) is 8.78 Å². The van der Waals surface area contributed by atoms with Crippen LogP contribution >= 0.6 is 11.8 Å². The number of alkyl halides is 2. The van der Waals surface area contributed by atoms with Gasteiger partial charge in [-0.1, -0.05) is 36.0 Å². The number of rotatable bonds is 3. The molecule has 1 fully saturated rings. The van der Waals surface area contributed by atoms with Gasteiger partial charge in [0.25, 0.3) is 0 Å². The minimum atomic E-state index is -3.65. The van der Waals surface area contributed by atoms with Crippen LogP contribution in [0.1, 0.15) is 29.5 Å². The van der Waals surface area contributed by atoms with Crippen molar-refractivity contribution < 1.29 is 13.6 Å². The molecular weight excluding hydrogens is 446 g/mol. The van der Waals surface area contributed by atoms with Crippen LogP contribution in [0.3, 0.4) is 0 Å². The van der Waals surface area contributed by atoms with Crippen LogP contribution in [0.5, 0.6) is 0 Å². The number of benzene rings is 1. The number of fused-ring (bicyclic) bond motifs is 2. The number of guanidine groups is 1. The Bertz CT molecular complexity index is 1150. The molecule has 5 rings (SSSR count). The quantitative estimate of drug-likeness (QED) is 0.361. The predicted octanol–water partition coefficient (Wildman–Crippen LogP) is 3.17. The van der Waals surface area contributed by atoms with Crippen LogP contribution < -0.4 is 16.8 Å². The number of hydrogen-bond donors (Lipinski definition) is 3. The average molecular weight is 471 g/mol. The summed E-state index contributed by atoms with van der Waals surface area (Å²) in [6.45, 7) is 1.62. The molecule has 3 heterocycles. The van der Waals surface area contributed by atoms with E-state index >= 15 is 0 Å². The number of thioether (sulfide) groups is 1. The Labute approximate surface area is 194 Å². The van der Waals surface area contributed by atoms with Gasteiger partial charge in [0.2, 0.25) is 0 Å².